The van der Waals surface area contributed by atoms with Crippen molar-refractivity contribution < 1.29 is 0 Å². The van der Waals surface area contributed by atoms with Crippen LogP contribution in [0.25, 0.3) is 11.3 Å². The molecule has 4 rings (SSSR count). The molecule has 4 radical (unpaired) electrons. The number of allylic oxidation sites excluding steroid dienone is 1. The Hall–Kier alpha value is -2.49. The van der Waals surface area contributed by atoms with E-state index in [1.165, 1.54) is 16.7 Å². The van der Waals surface area contributed by atoms with Crippen molar-refractivity contribution >= 4 is 21.5 Å². The van der Waals surface area contributed by atoms with Crippen LogP contribution in [-0.2, 0) is 24.6 Å². The second-order valence-electron chi connectivity index (χ2n) is 9.55. The Labute approximate surface area is 201 Å². The number of hydrogen-bond donors (Lipinski definition) is 1. The molecule has 0 bridgehead atoms. The lowest BCUT2D eigenvalue weighted by atomic mass is 9.53. The van der Waals surface area contributed by atoms with E-state index in [4.69, 9.17) is 26.4 Å². The van der Waals surface area contributed by atoms with Gasteiger partial charge in [0.15, 0.2) is 0 Å². The number of amidine groups is 1. The summed E-state index contributed by atoms with van der Waals surface area (Å²) < 4.78 is 0. The standard InChI is InChI=1S/C27H34B2N4/c1-6-18-9-8-10-19(7-2)25(18)22-13-16(3)26-23(32-22)14-17(4)33(27(26,28)29)24(31-5)15-21(30)20-11-12-20/h8-10,13,15,17,20H,6-7,11-12,14,30H2,1-5H3. The zero-order valence-electron chi connectivity index (χ0n) is 20.7. The average Bonchev–Trinajstić information content (AvgIpc) is 3.62. The van der Waals surface area contributed by atoms with Crippen LogP contribution >= 0.6 is 0 Å². The Bertz CT molecular complexity index is 1090. The number of nitrogens with two attached hydrogens (primary N) is 1. The van der Waals surface area contributed by atoms with Gasteiger partial charge in [-0.15, -0.1) is 0 Å². The maximum absolute atomic E-state index is 6.88. The lowest BCUT2D eigenvalue weighted by molar-refractivity contribution is 0.254. The smallest absolute Gasteiger partial charge is 0.124 e. The third-order valence-corrected chi connectivity index (χ3v) is 7.10. The number of fused-ring (bicyclic) bond motifs is 1. The summed E-state index contributed by atoms with van der Waals surface area (Å²) in [6, 6.07) is 8.72. The lowest BCUT2D eigenvalue weighted by Gasteiger charge is -2.50. The molecule has 0 amide bonds. The van der Waals surface area contributed by atoms with Crippen molar-refractivity contribution in [3.63, 3.8) is 0 Å². The van der Waals surface area contributed by atoms with Gasteiger partial charge in [0.05, 0.1) is 21.4 Å². The molecule has 168 valence electrons. The molecule has 2 N–H and O–H groups in total. The van der Waals surface area contributed by atoms with Crippen molar-refractivity contribution in [1.29, 1.82) is 0 Å². The van der Waals surface area contributed by atoms with Crippen LogP contribution < -0.4 is 5.73 Å². The number of pyridine rings is 1. The van der Waals surface area contributed by atoms with Gasteiger partial charge in [0.1, 0.15) is 5.84 Å². The summed E-state index contributed by atoms with van der Waals surface area (Å²) in [5.41, 5.74) is 15.0. The molecule has 1 atom stereocenters. The van der Waals surface area contributed by atoms with Gasteiger partial charge in [-0.1, -0.05) is 32.0 Å². The van der Waals surface area contributed by atoms with Gasteiger partial charge in [-0.2, -0.15) is 0 Å². The number of aryl methyl sites for hydroxylation is 3. The molecule has 1 saturated carbocycles. The Morgan fingerprint density at radius 1 is 1.24 bits per heavy atom. The number of aromatic nitrogens is 1. The van der Waals surface area contributed by atoms with Crippen molar-refractivity contribution in [3.05, 3.63) is 64.0 Å². The SMILES string of the molecule is [B]C1([B])c2c(C)cc(-c3c(CC)cccc3CC)nc2CC(C)N1C(C=C(N)C1CC1)=NC. The van der Waals surface area contributed by atoms with Crippen LogP contribution in [0.4, 0.5) is 0 Å². The Morgan fingerprint density at radius 2 is 1.88 bits per heavy atom. The Morgan fingerprint density at radius 3 is 2.42 bits per heavy atom. The van der Waals surface area contributed by atoms with Gasteiger partial charge in [0, 0.05) is 36.5 Å². The van der Waals surface area contributed by atoms with E-state index >= 15 is 0 Å². The van der Waals surface area contributed by atoms with Gasteiger partial charge in [-0.05, 0) is 85.2 Å². The van der Waals surface area contributed by atoms with E-state index in [1.807, 2.05) is 11.0 Å². The maximum Gasteiger partial charge on any atom is 0.124 e. The van der Waals surface area contributed by atoms with E-state index in [9.17, 15) is 0 Å². The molecule has 1 aliphatic carbocycles. The van der Waals surface area contributed by atoms with E-state index < -0.39 is 5.34 Å². The van der Waals surface area contributed by atoms with Gasteiger partial charge in [0.25, 0.3) is 0 Å². The van der Waals surface area contributed by atoms with Gasteiger partial charge < -0.3 is 10.6 Å². The summed E-state index contributed by atoms with van der Waals surface area (Å²) in [5.74, 6) is 1.19. The molecule has 0 saturated heterocycles. The quantitative estimate of drug-likeness (QED) is 0.435. The average molecular weight is 436 g/mol. The van der Waals surface area contributed by atoms with Crippen molar-refractivity contribution in [2.75, 3.05) is 7.05 Å². The zero-order chi connectivity index (χ0) is 23.9. The summed E-state index contributed by atoms with van der Waals surface area (Å²) in [4.78, 5) is 11.7. The fourth-order valence-electron chi connectivity index (χ4n) is 5.33. The first-order valence-electron chi connectivity index (χ1n) is 12.2. The molecule has 2 heterocycles. The molecule has 1 fully saturated rings. The van der Waals surface area contributed by atoms with Crippen LogP contribution in [-0.4, -0.2) is 44.5 Å². The zero-order valence-corrected chi connectivity index (χ0v) is 20.7. The normalized spacial score (nSPS) is 20.6. The predicted octanol–water partition coefficient (Wildman–Crippen LogP) is 4.16. The Kier molecular flexibility index (Phi) is 6.48. The summed E-state index contributed by atoms with van der Waals surface area (Å²) in [7, 11) is 15.5. The number of hydrogen-bond acceptors (Lipinski definition) is 3. The van der Waals surface area contributed by atoms with Crippen molar-refractivity contribution in [2.45, 2.75) is 71.2 Å². The first-order chi connectivity index (χ1) is 15.7. The van der Waals surface area contributed by atoms with Crippen molar-refractivity contribution in [1.82, 2.24) is 9.88 Å². The fraction of sp³-hybridized carbons (Fsp3) is 0.481. The van der Waals surface area contributed by atoms with Crippen LogP contribution in [0.3, 0.4) is 0 Å². The Balaban J connectivity index is 1.82. The highest BCUT2D eigenvalue weighted by Crippen LogP contribution is 2.39. The molecule has 6 heteroatoms. The first kappa shape index (κ1) is 23.7. The molecule has 2 aliphatic rings. The maximum atomic E-state index is 6.88. The summed E-state index contributed by atoms with van der Waals surface area (Å²) in [6.07, 6.45) is 6.90. The second-order valence-corrected chi connectivity index (χ2v) is 9.55. The van der Waals surface area contributed by atoms with Crippen LogP contribution in [0.2, 0.25) is 0 Å². The van der Waals surface area contributed by atoms with E-state index in [2.05, 4.69) is 57.0 Å². The molecular weight excluding hydrogens is 402 g/mol. The summed E-state index contributed by atoms with van der Waals surface area (Å²) in [6.45, 7) is 8.61. The second kappa shape index (κ2) is 9.04. The monoisotopic (exact) mass is 436 g/mol. The first-order valence-corrected chi connectivity index (χ1v) is 12.2. The van der Waals surface area contributed by atoms with Crippen molar-refractivity contribution in [2.24, 2.45) is 16.6 Å². The third-order valence-electron chi connectivity index (χ3n) is 7.10. The number of nitrogens with zero attached hydrogens (tertiary/aromatic N) is 3. The molecule has 0 spiro atoms. The third kappa shape index (κ3) is 4.25. The number of aliphatic imine (C=N–C) groups is 1. The fourth-order valence-corrected chi connectivity index (χ4v) is 5.33. The highest BCUT2D eigenvalue weighted by atomic mass is 15.3. The molecule has 1 aromatic heterocycles. The molecule has 4 nitrogen and oxygen atoms in total. The molecule has 1 unspecified atom stereocenters. The summed E-state index contributed by atoms with van der Waals surface area (Å²) >= 11 is 0. The van der Waals surface area contributed by atoms with Gasteiger partial charge in [-0.25, -0.2) is 0 Å². The molecule has 1 aliphatic heterocycles. The van der Waals surface area contributed by atoms with E-state index in [-0.39, 0.29) is 6.04 Å². The largest absolute Gasteiger partial charge is 0.402 e. The minimum absolute atomic E-state index is 0.0312. The summed E-state index contributed by atoms with van der Waals surface area (Å²) in [5, 5.41) is -1.23. The number of rotatable bonds is 5. The number of benzene rings is 1. The highest BCUT2D eigenvalue weighted by Gasteiger charge is 2.41. The van der Waals surface area contributed by atoms with Gasteiger partial charge in [-0.3, -0.25) is 9.98 Å². The highest BCUT2D eigenvalue weighted by molar-refractivity contribution is 6.41. The van der Waals surface area contributed by atoms with E-state index in [0.717, 1.165) is 66.2 Å². The van der Waals surface area contributed by atoms with E-state index in [0.29, 0.717) is 5.92 Å². The predicted molar refractivity (Wildman–Crippen MR) is 140 cm³/mol. The molecule has 33 heavy (non-hydrogen) atoms. The molecule has 1 aromatic carbocycles. The lowest BCUT2D eigenvalue weighted by Crippen LogP contribution is -2.58. The van der Waals surface area contributed by atoms with Crippen LogP contribution in [0.5, 0.6) is 0 Å². The van der Waals surface area contributed by atoms with Crippen LogP contribution in [0.1, 0.15) is 61.6 Å². The van der Waals surface area contributed by atoms with Crippen LogP contribution in [0, 0.1) is 12.8 Å². The van der Waals surface area contributed by atoms with Gasteiger partial charge in [0.2, 0.25) is 0 Å². The van der Waals surface area contributed by atoms with Crippen LogP contribution in [0.15, 0.2) is 41.0 Å². The minimum Gasteiger partial charge on any atom is -0.402 e. The van der Waals surface area contributed by atoms with Gasteiger partial charge >= 0.3 is 0 Å². The van der Waals surface area contributed by atoms with Crippen molar-refractivity contribution in [3.8, 4) is 11.3 Å². The topological polar surface area (TPSA) is 54.5 Å². The molecule has 2 aromatic rings. The molecular formula is C27H34B2N4. The minimum atomic E-state index is -1.23. The van der Waals surface area contributed by atoms with E-state index in [1.54, 1.807) is 7.05 Å².